The summed E-state index contributed by atoms with van der Waals surface area (Å²) in [5, 5.41) is 7.63. The molecule has 5 nitrogen and oxygen atoms in total. The van der Waals surface area contributed by atoms with Crippen LogP contribution in [0.15, 0.2) is 30.6 Å². The van der Waals surface area contributed by atoms with Crippen molar-refractivity contribution in [1.82, 2.24) is 19.7 Å². The molecule has 0 saturated carbocycles. The Labute approximate surface area is 161 Å². The van der Waals surface area contributed by atoms with Crippen molar-refractivity contribution in [2.45, 2.75) is 25.6 Å². The molecule has 0 amide bonds. The first kappa shape index (κ1) is 20.6. The van der Waals surface area contributed by atoms with Crippen LogP contribution in [-0.2, 0) is 18.8 Å². The molecule has 0 N–H and O–H groups in total. The highest BCUT2D eigenvalue weighted by molar-refractivity contribution is 5.60. The van der Waals surface area contributed by atoms with E-state index < -0.39 is 40.5 Å². The lowest BCUT2D eigenvalue weighted by Gasteiger charge is -2.26. The number of halogens is 6. The Bertz CT molecular complexity index is 1040. The minimum atomic E-state index is -4.68. The van der Waals surface area contributed by atoms with E-state index in [1.54, 1.807) is 0 Å². The van der Waals surface area contributed by atoms with Crippen LogP contribution in [0.1, 0.15) is 25.2 Å². The largest absolute Gasteiger partial charge is 0.474 e. The van der Waals surface area contributed by atoms with Crippen LogP contribution in [0, 0.1) is 17.5 Å². The van der Waals surface area contributed by atoms with Gasteiger partial charge in [-0.05, 0) is 19.9 Å². The lowest BCUT2D eigenvalue weighted by molar-refractivity contribution is -0.137. The van der Waals surface area contributed by atoms with E-state index in [2.05, 4.69) is 15.2 Å². The van der Waals surface area contributed by atoms with Gasteiger partial charge in [0.2, 0.25) is 0 Å². The van der Waals surface area contributed by atoms with Gasteiger partial charge in [0, 0.05) is 37.1 Å². The van der Waals surface area contributed by atoms with E-state index in [0.29, 0.717) is 18.3 Å². The summed E-state index contributed by atoms with van der Waals surface area (Å²) in [5.41, 5.74) is -2.81. The van der Waals surface area contributed by atoms with Gasteiger partial charge in [-0.2, -0.15) is 13.2 Å². The molecule has 154 valence electrons. The summed E-state index contributed by atoms with van der Waals surface area (Å²) in [5.74, 6) is -4.67. The molecule has 0 aliphatic heterocycles. The zero-order chi connectivity index (χ0) is 21.6. The van der Waals surface area contributed by atoms with Crippen LogP contribution in [0.4, 0.5) is 26.3 Å². The Kier molecular flexibility index (Phi) is 5.01. The van der Waals surface area contributed by atoms with Crippen molar-refractivity contribution in [3.8, 4) is 17.1 Å². The first-order valence-electron chi connectivity index (χ1n) is 8.17. The Morgan fingerprint density at radius 2 is 1.62 bits per heavy atom. The second-order valence-electron chi connectivity index (χ2n) is 6.64. The first-order chi connectivity index (χ1) is 13.4. The van der Waals surface area contributed by atoms with E-state index in [0.717, 1.165) is 6.07 Å². The topological polar surface area (TPSA) is 52.8 Å². The Balaban J connectivity index is 2.04. The average Bonchev–Trinajstić information content (AvgIpc) is 3.00. The van der Waals surface area contributed by atoms with Gasteiger partial charge in [-0.1, -0.05) is 0 Å². The first-order valence-corrected chi connectivity index (χ1v) is 8.17. The summed E-state index contributed by atoms with van der Waals surface area (Å²) >= 11 is 0. The van der Waals surface area contributed by atoms with Crippen molar-refractivity contribution >= 4 is 0 Å². The maximum absolute atomic E-state index is 13.9. The molecular weight excluding hydrogens is 402 g/mol. The van der Waals surface area contributed by atoms with Gasteiger partial charge < -0.3 is 9.30 Å². The summed E-state index contributed by atoms with van der Waals surface area (Å²) in [7, 11) is 1.38. The van der Waals surface area contributed by atoms with E-state index in [1.807, 2.05) is 0 Å². The van der Waals surface area contributed by atoms with E-state index >= 15 is 0 Å². The Morgan fingerprint density at radius 1 is 1.00 bits per heavy atom. The van der Waals surface area contributed by atoms with E-state index in [-0.39, 0.29) is 17.2 Å². The van der Waals surface area contributed by atoms with Crippen LogP contribution in [0.5, 0.6) is 5.75 Å². The fourth-order valence-corrected chi connectivity index (χ4v) is 2.83. The van der Waals surface area contributed by atoms with Crippen molar-refractivity contribution in [3.05, 3.63) is 59.4 Å². The highest BCUT2D eigenvalue weighted by Gasteiger charge is 2.37. The number of ether oxygens (including phenoxy) is 1. The molecule has 0 spiro atoms. The fraction of sp³-hybridized carbons (Fsp3) is 0.278. The lowest BCUT2D eigenvalue weighted by atomic mass is 10.1. The van der Waals surface area contributed by atoms with Gasteiger partial charge in [0.15, 0.2) is 34.6 Å². The number of alkyl halides is 3. The van der Waals surface area contributed by atoms with Crippen LogP contribution in [-0.4, -0.2) is 19.7 Å². The third-order valence-corrected chi connectivity index (χ3v) is 4.10. The number of benzene rings is 1. The normalized spacial score (nSPS) is 12.3. The van der Waals surface area contributed by atoms with Crippen LogP contribution in [0.25, 0.3) is 11.4 Å². The van der Waals surface area contributed by atoms with Crippen molar-refractivity contribution in [2.75, 3.05) is 0 Å². The molecule has 3 aromatic rings. The zero-order valence-electron chi connectivity index (χ0n) is 15.4. The molecule has 0 radical (unpaired) electrons. The maximum atomic E-state index is 13.9. The number of aromatic nitrogens is 4. The van der Waals surface area contributed by atoms with Crippen LogP contribution < -0.4 is 4.74 Å². The van der Waals surface area contributed by atoms with Gasteiger partial charge in [-0.3, -0.25) is 4.98 Å². The molecule has 3 rings (SSSR count). The second kappa shape index (κ2) is 7.05. The number of rotatable bonds is 4. The minimum absolute atomic E-state index is 0.0134. The van der Waals surface area contributed by atoms with Crippen molar-refractivity contribution < 1.29 is 31.1 Å². The summed E-state index contributed by atoms with van der Waals surface area (Å²) in [4.78, 5) is 3.49. The molecule has 0 aliphatic carbocycles. The van der Waals surface area contributed by atoms with E-state index in [4.69, 9.17) is 4.74 Å². The number of hydrogen-bond donors (Lipinski definition) is 0. The smallest absolute Gasteiger partial charge is 0.418 e. The minimum Gasteiger partial charge on any atom is -0.474 e. The van der Waals surface area contributed by atoms with Crippen LogP contribution in [0.3, 0.4) is 0 Å². The third-order valence-electron chi connectivity index (χ3n) is 4.10. The SMILES string of the molecule is Cn1c(-c2ccncc2C(F)(F)F)nnc1C(C)(C)Oc1c(F)cc(F)cc1F. The zero-order valence-corrected chi connectivity index (χ0v) is 15.4. The van der Waals surface area contributed by atoms with Crippen LogP contribution in [0.2, 0.25) is 0 Å². The molecule has 2 aromatic heterocycles. The molecule has 0 atom stereocenters. The molecule has 0 fully saturated rings. The third kappa shape index (κ3) is 3.89. The average molecular weight is 416 g/mol. The summed E-state index contributed by atoms with van der Waals surface area (Å²) in [6.07, 6.45) is -2.85. The second-order valence-corrected chi connectivity index (χ2v) is 6.64. The molecule has 0 bridgehead atoms. The van der Waals surface area contributed by atoms with Gasteiger partial charge in [-0.15, -0.1) is 10.2 Å². The standard InChI is InChI=1S/C18H14F6N4O/c1-17(2,29-14-12(20)6-9(19)7-13(14)21)16-27-26-15(28(16)3)10-4-5-25-8-11(10)18(22,23)24/h4-8H,1-3H3. The Hall–Kier alpha value is -3.11. The molecule has 11 heteroatoms. The van der Waals surface area contributed by atoms with Crippen molar-refractivity contribution in [2.24, 2.45) is 7.05 Å². The van der Waals surface area contributed by atoms with Gasteiger partial charge in [0.1, 0.15) is 5.82 Å². The van der Waals surface area contributed by atoms with Crippen LogP contribution >= 0.6 is 0 Å². The monoisotopic (exact) mass is 416 g/mol. The van der Waals surface area contributed by atoms with E-state index in [9.17, 15) is 26.3 Å². The highest BCUT2D eigenvalue weighted by atomic mass is 19.4. The molecule has 0 saturated heterocycles. The van der Waals surface area contributed by atoms with Gasteiger partial charge in [-0.25, -0.2) is 13.2 Å². The fourth-order valence-electron chi connectivity index (χ4n) is 2.83. The molecule has 2 heterocycles. The van der Waals surface area contributed by atoms with Gasteiger partial charge in [0.05, 0.1) is 5.56 Å². The molecule has 29 heavy (non-hydrogen) atoms. The van der Waals surface area contributed by atoms with Gasteiger partial charge >= 0.3 is 6.18 Å². The number of pyridine rings is 1. The predicted molar refractivity (Wildman–Crippen MR) is 89.2 cm³/mol. The van der Waals surface area contributed by atoms with Crippen molar-refractivity contribution in [1.29, 1.82) is 0 Å². The van der Waals surface area contributed by atoms with Gasteiger partial charge in [0.25, 0.3) is 0 Å². The Morgan fingerprint density at radius 3 is 2.21 bits per heavy atom. The van der Waals surface area contributed by atoms with E-state index in [1.165, 1.54) is 31.7 Å². The van der Waals surface area contributed by atoms with Crippen molar-refractivity contribution in [3.63, 3.8) is 0 Å². The number of hydrogen-bond acceptors (Lipinski definition) is 4. The number of nitrogens with zero attached hydrogens (tertiary/aromatic N) is 4. The molecule has 1 aromatic carbocycles. The molecule has 0 aliphatic rings. The predicted octanol–water partition coefficient (Wildman–Crippen LogP) is 4.63. The molecule has 0 unspecified atom stereocenters. The summed E-state index contributed by atoms with van der Waals surface area (Å²) < 4.78 is 87.4. The summed E-state index contributed by atoms with van der Waals surface area (Å²) in [6, 6.07) is 2.02. The quantitative estimate of drug-likeness (QED) is 0.582. The maximum Gasteiger partial charge on any atom is 0.418 e. The lowest BCUT2D eigenvalue weighted by Crippen LogP contribution is -2.30. The highest BCUT2D eigenvalue weighted by Crippen LogP contribution is 2.37. The summed E-state index contributed by atoms with van der Waals surface area (Å²) in [6.45, 7) is 2.78. The molecular formula is C18H14F6N4O.